The zero-order valence-corrected chi connectivity index (χ0v) is 15.9. The molecule has 0 bridgehead atoms. The van der Waals surface area contributed by atoms with Crippen molar-refractivity contribution in [1.29, 1.82) is 0 Å². The smallest absolute Gasteiger partial charge is 0.338 e. The van der Waals surface area contributed by atoms with Gasteiger partial charge in [0.05, 0.1) is 23.2 Å². The largest absolute Gasteiger partial charge is 0.449 e. The molecule has 3 amide bonds. The van der Waals surface area contributed by atoms with Gasteiger partial charge in [0.1, 0.15) is 0 Å². The van der Waals surface area contributed by atoms with Gasteiger partial charge in [0.2, 0.25) is 0 Å². The lowest BCUT2D eigenvalue weighted by molar-refractivity contribution is -0.129. The summed E-state index contributed by atoms with van der Waals surface area (Å²) in [6.45, 7) is 1.57. The van der Waals surface area contributed by atoms with Crippen molar-refractivity contribution in [2.24, 2.45) is 0 Å². The molecule has 1 aliphatic heterocycles. The number of fused-ring (bicyclic) bond motifs is 1. The van der Waals surface area contributed by atoms with Crippen molar-refractivity contribution in [3.05, 3.63) is 70.8 Å². The number of imide groups is 1. The molecule has 1 heterocycles. The number of amides is 3. The van der Waals surface area contributed by atoms with Crippen LogP contribution in [-0.4, -0.2) is 40.7 Å². The molecule has 1 saturated carbocycles. The predicted molar refractivity (Wildman–Crippen MR) is 103 cm³/mol. The molecule has 7 nitrogen and oxygen atoms in total. The summed E-state index contributed by atoms with van der Waals surface area (Å²) in [5.41, 5.74) is 1.63. The molecule has 1 N–H and O–H groups in total. The number of hydrogen-bond donors (Lipinski definition) is 1. The van der Waals surface area contributed by atoms with E-state index in [4.69, 9.17) is 4.74 Å². The van der Waals surface area contributed by atoms with Crippen molar-refractivity contribution in [3.8, 4) is 0 Å². The molecule has 148 valence electrons. The summed E-state index contributed by atoms with van der Waals surface area (Å²) >= 11 is 0. The maximum Gasteiger partial charge on any atom is 0.338 e. The van der Waals surface area contributed by atoms with Crippen molar-refractivity contribution in [2.75, 3.05) is 0 Å². The van der Waals surface area contributed by atoms with Crippen LogP contribution >= 0.6 is 0 Å². The Morgan fingerprint density at radius 1 is 1.07 bits per heavy atom. The summed E-state index contributed by atoms with van der Waals surface area (Å²) in [5, 5.41) is 2.79. The van der Waals surface area contributed by atoms with E-state index in [-0.39, 0.29) is 35.9 Å². The first-order chi connectivity index (χ1) is 13.9. The van der Waals surface area contributed by atoms with Gasteiger partial charge in [0, 0.05) is 6.04 Å². The van der Waals surface area contributed by atoms with Gasteiger partial charge in [0.15, 0.2) is 6.10 Å². The predicted octanol–water partition coefficient (Wildman–Crippen LogP) is 2.31. The summed E-state index contributed by atoms with van der Waals surface area (Å²) in [4.78, 5) is 50.6. The van der Waals surface area contributed by atoms with Crippen molar-refractivity contribution in [1.82, 2.24) is 10.2 Å². The van der Waals surface area contributed by atoms with Crippen molar-refractivity contribution in [2.45, 2.75) is 38.5 Å². The highest BCUT2D eigenvalue weighted by molar-refractivity contribution is 6.21. The fraction of sp³-hybridized carbons (Fsp3) is 0.273. The number of carbonyl (C=O) groups excluding carboxylic acids is 4. The van der Waals surface area contributed by atoms with Gasteiger partial charge in [-0.15, -0.1) is 0 Å². The first-order valence-electron chi connectivity index (χ1n) is 9.49. The summed E-state index contributed by atoms with van der Waals surface area (Å²) in [6.07, 6.45) is 1.00. The second kappa shape index (κ2) is 7.50. The molecule has 2 aliphatic rings. The molecular formula is C22H20N2O5. The monoisotopic (exact) mass is 392 g/mol. The zero-order chi connectivity index (χ0) is 20.5. The summed E-state index contributed by atoms with van der Waals surface area (Å²) < 4.78 is 5.25. The quantitative estimate of drug-likeness (QED) is 0.602. The van der Waals surface area contributed by atoms with Gasteiger partial charge >= 0.3 is 5.97 Å². The van der Waals surface area contributed by atoms with Crippen molar-refractivity contribution >= 4 is 23.7 Å². The summed E-state index contributed by atoms with van der Waals surface area (Å²) in [6, 6.07) is 13.4. The fourth-order valence-electron chi connectivity index (χ4n) is 3.19. The average Bonchev–Trinajstić information content (AvgIpc) is 3.51. The number of esters is 1. The van der Waals surface area contributed by atoms with E-state index in [0.717, 1.165) is 17.7 Å². The van der Waals surface area contributed by atoms with Crippen LogP contribution in [0.5, 0.6) is 0 Å². The van der Waals surface area contributed by atoms with Gasteiger partial charge in [0.25, 0.3) is 17.7 Å². The van der Waals surface area contributed by atoms with Crippen LogP contribution in [0, 0.1) is 0 Å². The van der Waals surface area contributed by atoms with E-state index in [1.54, 1.807) is 48.5 Å². The lowest BCUT2D eigenvalue weighted by Gasteiger charge is -2.15. The molecule has 4 rings (SSSR count). The number of hydrogen-bond acceptors (Lipinski definition) is 5. The number of carbonyl (C=O) groups is 4. The summed E-state index contributed by atoms with van der Waals surface area (Å²) in [7, 11) is 0. The Morgan fingerprint density at radius 3 is 2.34 bits per heavy atom. The minimum atomic E-state index is -0.900. The van der Waals surface area contributed by atoms with E-state index < -0.39 is 12.1 Å². The molecule has 2 aromatic rings. The SMILES string of the molecule is C[C@@H](OC(=O)c1cccc(CN2C(=O)c3ccccc3C2=O)c1)C(=O)NC1CC1. The van der Waals surface area contributed by atoms with Gasteiger partial charge in [-0.1, -0.05) is 24.3 Å². The van der Waals surface area contributed by atoms with Crippen LogP contribution < -0.4 is 5.32 Å². The third-order valence-electron chi connectivity index (χ3n) is 4.96. The Morgan fingerprint density at radius 2 is 1.72 bits per heavy atom. The van der Waals surface area contributed by atoms with E-state index in [9.17, 15) is 19.2 Å². The van der Waals surface area contributed by atoms with E-state index >= 15 is 0 Å². The van der Waals surface area contributed by atoms with Crippen LogP contribution in [0.4, 0.5) is 0 Å². The first kappa shape index (κ1) is 18.9. The van der Waals surface area contributed by atoms with Gasteiger partial charge in [-0.2, -0.15) is 0 Å². The number of benzene rings is 2. The average molecular weight is 392 g/mol. The van der Waals surface area contributed by atoms with Crippen molar-refractivity contribution < 1.29 is 23.9 Å². The van der Waals surface area contributed by atoms with Gasteiger partial charge < -0.3 is 10.1 Å². The maximum atomic E-state index is 12.5. The molecule has 0 aromatic heterocycles. The Balaban J connectivity index is 1.44. The first-order valence-corrected chi connectivity index (χ1v) is 9.49. The molecular weight excluding hydrogens is 372 g/mol. The molecule has 29 heavy (non-hydrogen) atoms. The number of nitrogens with zero attached hydrogens (tertiary/aromatic N) is 1. The van der Waals surface area contributed by atoms with E-state index in [0.29, 0.717) is 16.7 Å². The molecule has 1 fully saturated rings. The Hall–Kier alpha value is -3.48. The minimum absolute atomic E-state index is 0.0468. The number of ether oxygens (including phenoxy) is 1. The Labute approximate surface area is 167 Å². The standard InChI is InChI=1S/C22H20N2O5/c1-13(19(25)23-16-9-10-16)29-22(28)15-6-4-5-14(11-15)12-24-20(26)17-7-2-3-8-18(17)21(24)27/h2-8,11,13,16H,9-10,12H2,1H3,(H,23,25)/t13-/m1/s1. The Bertz CT molecular complexity index is 977. The van der Waals surface area contributed by atoms with E-state index in [2.05, 4.69) is 5.32 Å². The van der Waals surface area contributed by atoms with Crippen LogP contribution in [0.1, 0.15) is 56.4 Å². The van der Waals surface area contributed by atoms with E-state index in [1.165, 1.54) is 6.92 Å². The second-order valence-electron chi connectivity index (χ2n) is 7.27. The third-order valence-corrected chi connectivity index (χ3v) is 4.96. The normalized spacial score (nSPS) is 16.4. The van der Waals surface area contributed by atoms with Gasteiger partial charge in [-0.05, 0) is 49.6 Å². The lowest BCUT2D eigenvalue weighted by Crippen LogP contribution is -2.37. The number of nitrogens with one attached hydrogen (secondary N) is 1. The molecule has 1 atom stereocenters. The highest BCUT2D eigenvalue weighted by Crippen LogP contribution is 2.24. The van der Waals surface area contributed by atoms with Gasteiger partial charge in [-0.25, -0.2) is 4.79 Å². The molecule has 7 heteroatoms. The fourth-order valence-corrected chi connectivity index (χ4v) is 3.19. The highest BCUT2D eigenvalue weighted by atomic mass is 16.5. The van der Waals surface area contributed by atoms with Crippen LogP contribution in [0.2, 0.25) is 0 Å². The minimum Gasteiger partial charge on any atom is -0.449 e. The zero-order valence-electron chi connectivity index (χ0n) is 15.9. The Kier molecular flexibility index (Phi) is 4.88. The van der Waals surface area contributed by atoms with Crippen LogP contribution in [0.3, 0.4) is 0 Å². The highest BCUT2D eigenvalue weighted by Gasteiger charge is 2.35. The maximum absolute atomic E-state index is 12.5. The van der Waals surface area contributed by atoms with Crippen LogP contribution in [-0.2, 0) is 16.1 Å². The third kappa shape index (κ3) is 3.89. The summed E-state index contributed by atoms with van der Waals surface area (Å²) in [5.74, 6) is -1.66. The van der Waals surface area contributed by atoms with Gasteiger partial charge in [-0.3, -0.25) is 19.3 Å². The van der Waals surface area contributed by atoms with Crippen LogP contribution in [0.15, 0.2) is 48.5 Å². The second-order valence-corrected chi connectivity index (χ2v) is 7.27. The topological polar surface area (TPSA) is 92.8 Å². The molecule has 2 aromatic carbocycles. The molecule has 0 radical (unpaired) electrons. The molecule has 0 saturated heterocycles. The lowest BCUT2D eigenvalue weighted by atomic mass is 10.1. The van der Waals surface area contributed by atoms with Crippen molar-refractivity contribution in [3.63, 3.8) is 0 Å². The van der Waals surface area contributed by atoms with E-state index in [1.807, 2.05) is 0 Å². The molecule has 1 aliphatic carbocycles. The van der Waals surface area contributed by atoms with Crippen LogP contribution in [0.25, 0.3) is 0 Å². The molecule has 0 spiro atoms. The molecule has 0 unspecified atom stereocenters. The number of rotatable bonds is 6.